The number of anilines is 1. The van der Waals surface area contributed by atoms with Crippen molar-refractivity contribution in [3.63, 3.8) is 0 Å². The van der Waals surface area contributed by atoms with Crippen LogP contribution < -0.4 is 5.32 Å². The van der Waals surface area contributed by atoms with E-state index in [9.17, 15) is 18.0 Å². The van der Waals surface area contributed by atoms with E-state index >= 15 is 0 Å². The molecule has 0 fully saturated rings. The summed E-state index contributed by atoms with van der Waals surface area (Å²) in [5.41, 5.74) is 1.52. The molecule has 0 unspecified atom stereocenters. The lowest BCUT2D eigenvalue weighted by molar-refractivity contribution is -0.146. The number of carbonyl (C=O) groups excluding carboxylic acids is 2. The van der Waals surface area contributed by atoms with Gasteiger partial charge in [-0.25, -0.2) is 13.1 Å². The molecule has 1 amide bonds. The molecule has 12 heteroatoms. The first-order chi connectivity index (χ1) is 14.2. The molecule has 0 aliphatic heterocycles. The largest absolute Gasteiger partial charge is 0.455 e. The monoisotopic (exact) mass is 449 g/mol. The molecule has 0 aliphatic rings. The van der Waals surface area contributed by atoms with Gasteiger partial charge in [0.1, 0.15) is 6.33 Å². The number of ether oxygens (including phenoxy) is 1. The van der Waals surface area contributed by atoms with Crippen LogP contribution in [0.25, 0.3) is 5.69 Å². The van der Waals surface area contributed by atoms with Crippen molar-refractivity contribution in [2.45, 2.75) is 11.3 Å². The second kappa shape index (κ2) is 9.01. The third kappa shape index (κ3) is 5.61. The number of benzene rings is 2. The van der Waals surface area contributed by atoms with Gasteiger partial charge in [-0.1, -0.05) is 23.7 Å². The zero-order valence-electron chi connectivity index (χ0n) is 15.6. The Balaban J connectivity index is 1.53. The van der Waals surface area contributed by atoms with Gasteiger partial charge in [0, 0.05) is 6.26 Å². The summed E-state index contributed by atoms with van der Waals surface area (Å²) in [7, 11) is -3.46. The quantitative estimate of drug-likeness (QED) is 0.535. The Kier molecular flexibility index (Phi) is 6.43. The minimum absolute atomic E-state index is 0.00400. The van der Waals surface area contributed by atoms with Crippen LogP contribution in [0.2, 0.25) is 5.02 Å². The molecule has 156 valence electrons. The first kappa shape index (κ1) is 21.4. The second-order valence-electron chi connectivity index (χ2n) is 6.22. The number of tetrazole rings is 1. The van der Waals surface area contributed by atoms with E-state index in [0.29, 0.717) is 5.56 Å². The molecule has 0 radical (unpaired) electrons. The van der Waals surface area contributed by atoms with E-state index < -0.39 is 28.3 Å². The van der Waals surface area contributed by atoms with Crippen molar-refractivity contribution >= 4 is 39.0 Å². The summed E-state index contributed by atoms with van der Waals surface area (Å²) in [6.45, 7) is -0.541. The Labute approximate surface area is 176 Å². The molecule has 0 bridgehead atoms. The highest BCUT2D eigenvalue weighted by molar-refractivity contribution is 7.90. The molecule has 0 saturated heterocycles. The molecule has 30 heavy (non-hydrogen) atoms. The van der Waals surface area contributed by atoms with Crippen LogP contribution in [-0.4, -0.2) is 53.4 Å². The van der Waals surface area contributed by atoms with Gasteiger partial charge in [-0.15, -0.1) is 5.10 Å². The van der Waals surface area contributed by atoms with Crippen molar-refractivity contribution in [2.75, 3.05) is 18.2 Å². The molecule has 10 nitrogen and oxygen atoms in total. The van der Waals surface area contributed by atoms with Gasteiger partial charge in [-0.3, -0.25) is 9.59 Å². The molecular formula is C18H16ClN5O5S. The number of rotatable bonds is 7. The van der Waals surface area contributed by atoms with Crippen LogP contribution in [0.4, 0.5) is 5.69 Å². The van der Waals surface area contributed by atoms with Gasteiger partial charge in [0.25, 0.3) is 5.91 Å². The van der Waals surface area contributed by atoms with Crippen molar-refractivity contribution in [3.05, 3.63) is 59.4 Å². The molecule has 3 rings (SSSR count). The lowest BCUT2D eigenvalue weighted by Crippen LogP contribution is -2.22. The fourth-order valence-corrected chi connectivity index (χ4v) is 3.24. The standard InChI is InChI=1S/C18H16ClN5O5S/c1-30(27,28)14-6-7-15(19)16(9-14)21-17(25)10-29-18(26)8-12-2-4-13(5-3-12)24-11-20-22-23-24/h2-7,9,11H,8,10H2,1H3,(H,21,25). The topological polar surface area (TPSA) is 133 Å². The van der Waals surface area contributed by atoms with Crippen LogP contribution in [0, 0.1) is 0 Å². The summed E-state index contributed by atoms with van der Waals surface area (Å²) in [5, 5.41) is 13.4. The van der Waals surface area contributed by atoms with Crippen LogP contribution in [-0.2, 0) is 30.6 Å². The first-order valence-corrected chi connectivity index (χ1v) is 10.8. The number of esters is 1. The van der Waals surface area contributed by atoms with Crippen LogP contribution >= 0.6 is 11.6 Å². The number of hydrogen-bond acceptors (Lipinski definition) is 8. The number of hydrogen-bond donors (Lipinski definition) is 1. The average Bonchev–Trinajstić information content (AvgIpc) is 3.23. The highest BCUT2D eigenvalue weighted by Gasteiger charge is 2.14. The van der Waals surface area contributed by atoms with Crippen molar-refractivity contribution in [3.8, 4) is 5.69 Å². The number of sulfone groups is 1. The van der Waals surface area contributed by atoms with Gasteiger partial charge in [0.05, 0.1) is 27.7 Å². The number of nitrogens with one attached hydrogen (secondary N) is 1. The summed E-state index contributed by atoms with van der Waals surface area (Å²) in [6.07, 6.45) is 2.45. The summed E-state index contributed by atoms with van der Waals surface area (Å²) in [4.78, 5) is 24.0. The van der Waals surface area contributed by atoms with E-state index in [1.54, 1.807) is 24.3 Å². The Morgan fingerprint density at radius 1 is 1.17 bits per heavy atom. The highest BCUT2D eigenvalue weighted by atomic mass is 35.5. The van der Waals surface area contributed by atoms with Gasteiger partial charge in [-0.2, -0.15) is 0 Å². The molecule has 0 spiro atoms. The number of amides is 1. The van der Waals surface area contributed by atoms with Crippen molar-refractivity contribution in [2.24, 2.45) is 0 Å². The van der Waals surface area contributed by atoms with Crippen LogP contribution in [0.1, 0.15) is 5.56 Å². The Morgan fingerprint density at radius 3 is 2.53 bits per heavy atom. The number of carbonyl (C=O) groups is 2. The van der Waals surface area contributed by atoms with E-state index in [1.807, 2.05) is 0 Å². The zero-order valence-corrected chi connectivity index (χ0v) is 17.2. The fourth-order valence-electron chi connectivity index (χ4n) is 2.43. The van der Waals surface area contributed by atoms with Gasteiger partial charge in [-0.05, 0) is 46.3 Å². The van der Waals surface area contributed by atoms with E-state index in [2.05, 4.69) is 20.8 Å². The number of halogens is 1. The van der Waals surface area contributed by atoms with Crippen LogP contribution in [0.15, 0.2) is 53.7 Å². The van der Waals surface area contributed by atoms with E-state index in [4.69, 9.17) is 16.3 Å². The zero-order chi connectivity index (χ0) is 21.7. The summed E-state index contributed by atoms with van der Waals surface area (Å²) < 4.78 is 29.7. The third-order valence-electron chi connectivity index (χ3n) is 3.90. The maximum Gasteiger partial charge on any atom is 0.310 e. The fraction of sp³-hybridized carbons (Fsp3) is 0.167. The minimum Gasteiger partial charge on any atom is -0.455 e. The molecule has 0 atom stereocenters. The van der Waals surface area contributed by atoms with E-state index in [-0.39, 0.29) is 22.0 Å². The minimum atomic E-state index is -3.46. The summed E-state index contributed by atoms with van der Waals surface area (Å²) >= 11 is 5.98. The summed E-state index contributed by atoms with van der Waals surface area (Å²) in [5.74, 6) is -1.25. The van der Waals surface area contributed by atoms with Crippen LogP contribution in [0.3, 0.4) is 0 Å². The number of nitrogens with zero attached hydrogens (tertiary/aromatic N) is 4. The third-order valence-corrected chi connectivity index (χ3v) is 5.34. The van der Waals surface area contributed by atoms with Crippen molar-refractivity contribution in [1.29, 1.82) is 0 Å². The van der Waals surface area contributed by atoms with Crippen molar-refractivity contribution in [1.82, 2.24) is 20.2 Å². The normalized spacial score (nSPS) is 11.1. The molecule has 1 aromatic heterocycles. The predicted octanol–water partition coefficient (Wildman–Crippen LogP) is 1.44. The van der Waals surface area contributed by atoms with Gasteiger partial charge < -0.3 is 10.1 Å². The smallest absolute Gasteiger partial charge is 0.310 e. The average molecular weight is 450 g/mol. The lowest BCUT2D eigenvalue weighted by atomic mass is 10.1. The van der Waals surface area contributed by atoms with Gasteiger partial charge >= 0.3 is 5.97 Å². The van der Waals surface area contributed by atoms with Crippen molar-refractivity contribution < 1.29 is 22.7 Å². The molecule has 1 N–H and O–H groups in total. The van der Waals surface area contributed by atoms with Gasteiger partial charge in [0.2, 0.25) is 0 Å². The molecule has 1 heterocycles. The number of aromatic nitrogens is 4. The second-order valence-corrected chi connectivity index (χ2v) is 8.64. The molecular weight excluding hydrogens is 434 g/mol. The Hall–Kier alpha value is -3.31. The maximum atomic E-state index is 12.0. The Bertz CT molecular complexity index is 1160. The molecule has 2 aromatic carbocycles. The highest BCUT2D eigenvalue weighted by Crippen LogP contribution is 2.25. The lowest BCUT2D eigenvalue weighted by Gasteiger charge is -2.10. The van der Waals surface area contributed by atoms with E-state index in [1.165, 1.54) is 29.2 Å². The molecule has 0 aliphatic carbocycles. The first-order valence-electron chi connectivity index (χ1n) is 8.50. The predicted molar refractivity (Wildman–Crippen MR) is 107 cm³/mol. The molecule has 0 saturated carbocycles. The Morgan fingerprint density at radius 2 is 1.90 bits per heavy atom. The summed E-state index contributed by atoms with van der Waals surface area (Å²) in [6, 6.07) is 10.8. The van der Waals surface area contributed by atoms with Crippen LogP contribution in [0.5, 0.6) is 0 Å². The maximum absolute atomic E-state index is 12.0. The van der Waals surface area contributed by atoms with E-state index in [0.717, 1.165) is 11.9 Å². The van der Waals surface area contributed by atoms with Gasteiger partial charge in [0.15, 0.2) is 16.4 Å². The SMILES string of the molecule is CS(=O)(=O)c1ccc(Cl)c(NC(=O)COC(=O)Cc2ccc(-n3cnnn3)cc2)c1. The molecule has 3 aromatic rings.